The minimum Gasteiger partial charge on any atom is -0.348 e. The largest absolute Gasteiger partial charge is 0.348 e. The maximum Gasteiger partial charge on any atom is 0.252 e. The number of hydrogen-bond donors (Lipinski definition) is 1. The minimum atomic E-state index is 0.0236. The number of benzene rings is 1. The normalized spacial score (nSPS) is 15.8. The van der Waals surface area contributed by atoms with Crippen LogP contribution in [-0.2, 0) is 13.1 Å². The van der Waals surface area contributed by atoms with Gasteiger partial charge in [-0.1, -0.05) is 37.1 Å². The molecule has 1 aromatic heterocycles. The fraction of sp³-hybridized carbons (Fsp3) is 0.476. The summed E-state index contributed by atoms with van der Waals surface area (Å²) in [7, 11) is 0. The molecule has 1 aliphatic rings. The van der Waals surface area contributed by atoms with E-state index in [0.29, 0.717) is 6.54 Å². The van der Waals surface area contributed by atoms with Crippen LogP contribution in [0.1, 0.15) is 56.9 Å². The van der Waals surface area contributed by atoms with Gasteiger partial charge in [0.1, 0.15) is 0 Å². The zero-order valence-corrected chi connectivity index (χ0v) is 16.1. The fourth-order valence-electron chi connectivity index (χ4n) is 3.45. The lowest BCUT2D eigenvalue weighted by Gasteiger charge is -2.19. The van der Waals surface area contributed by atoms with Crippen molar-refractivity contribution in [1.29, 1.82) is 0 Å². The van der Waals surface area contributed by atoms with Gasteiger partial charge in [-0.05, 0) is 57.0 Å². The highest BCUT2D eigenvalue weighted by Crippen LogP contribution is 2.20. The second-order valence-corrected chi connectivity index (χ2v) is 8.48. The molecule has 134 valence electrons. The third-order valence-corrected chi connectivity index (χ3v) is 5.83. The fourth-order valence-corrected chi connectivity index (χ4v) is 4.37. The highest BCUT2D eigenvalue weighted by molar-refractivity contribution is 7.12. The molecular formula is C21H28N2OS. The van der Waals surface area contributed by atoms with Crippen molar-refractivity contribution in [2.45, 2.75) is 52.6 Å². The van der Waals surface area contributed by atoms with E-state index in [4.69, 9.17) is 0 Å². The number of hydrogen-bond acceptors (Lipinski definition) is 3. The molecule has 1 amide bonds. The number of nitrogens with zero attached hydrogens (tertiary/aromatic N) is 1. The molecule has 0 radical (unpaired) electrons. The number of amides is 1. The first-order chi connectivity index (χ1) is 12.1. The topological polar surface area (TPSA) is 32.3 Å². The number of likely N-dealkylation sites (tertiary alicyclic amines) is 1. The Morgan fingerprint density at radius 1 is 1.04 bits per heavy atom. The van der Waals surface area contributed by atoms with Crippen molar-refractivity contribution in [1.82, 2.24) is 10.2 Å². The van der Waals surface area contributed by atoms with Gasteiger partial charge >= 0.3 is 0 Å². The van der Waals surface area contributed by atoms with Crippen LogP contribution in [0.2, 0.25) is 0 Å². The Labute approximate surface area is 155 Å². The van der Waals surface area contributed by atoms with Crippen molar-refractivity contribution in [2.24, 2.45) is 0 Å². The molecule has 1 fully saturated rings. The maximum atomic E-state index is 12.3. The van der Waals surface area contributed by atoms with E-state index in [1.54, 1.807) is 11.3 Å². The average molecular weight is 357 g/mol. The first-order valence-corrected chi connectivity index (χ1v) is 10.1. The number of nitrogens with one attached hydrogen (secondary N) is 1. The molecule has 0 aliphatic carbocycles. The summed E-state index contributed by atoms with van der Waals surface area (Å²) in [5, 5.41) is 3.04. The predicted molar refractivity (Wildman–Crippen MR) is 105 cm³/mol. The molecule has 0 atom stereocenters. The van der Waals surface area contributed by atoms with Crippen molar-refractivity contribution in [2.75, 3.05) is 13.1 Å². The van der Waals surface area contributed by atoms with E-state index >= 15 is 0 Å². The van der Waals surface area contributed by atoms with Gasteiger partial charge in [0, 0.05) is 22.8 Å². The van der Waals surface area contributed by atoms with Gasteiger partial charge < -0.3 is 5.32 Å². The van der Waals surface area contributed by atoms with Crippen LogP contribution in [0.5, 0.6) is 0 Å². The summed E-state index contributed by atoms with van der Waals surface area (Å²) in [6.45, 7) is 8.10. The number of carbonyl (C=O) groups excluding carboxylic acids is 1. The first-order valence-electron chi connectivity index (χ1n) is 9.27. The van der Waals surface area contributed by atoms with E-state index < -0.39 is 0 Å². The summed E-state index contributed by atoms with van der Waals surface area (Å²) in [5.41, 5.74) is 3.32. The number of thiophene rings is 1. The van der Waals surface area contributed by atoms with Crippen LogP contribution in [-0.4, -0.2) is 23.9 Å². The van der Waals surface area contributed by atoms with Crippen LogP contribution >= 0.6 is 11.3 Å². The molecular weight excluding hydrogens is 328 g/mol. The van der Waals surface area contributed by atoms with Gasteiger partial charge in [-0.3, -0.25) is 9.69 Å². The van der Waals surface area contributed by atoms with Crippen molar-refractivity contribution in [3.8, 4) is 0 Å². The van der Waals surface area contributed by atoms with Gasteiger partial charge in [0.25, 0.3) is 5.91 Å². The summed E-state index contributed by atoms with van der Waals surface area (Å²) in [6.07, 6.45) is 5.40. The van der Waals surface area contributed by atoms with Gasteiger partial charge in [-0.25, -0.2) is 0 Å². The second-order valence-electron chi connectivity index (χ2n) is 7.02. The predicted octanol–water partition coefficient (Wildman–Crippen LogP) is 4.67. The summed E-state index contributed by atoms with van der Waals surface area (Å²) in [6, 6.07) is 10.6. The molecule has 25 heavy (non-hydrogen) atoms. The zero-order chi connectivity index (χ0) is 17.6. The van der Waals surface area contributed by atoms with Crippen LogP contribution in [0, 0.1) is 13.8 Å². The molecule has 2 heterocycles. The van der Waals surface area contributed by atoms with E-state index in [-0.39, 0.29) is 5.91 Å². The number of aryl methyl sites for hydroxylation is 2. The molecule has 3 rings (SSSR count). The molecule has 0 bridgehead atoms. The second kappa shape index (κ2) is 8.63. The van der Waals surface area contributed by atoms with Gasteiger partial charge in [0.05, 0.1) is 5.56 Å². The van der Waals surface area contributed by atoms with E-state index in [1.807, 2.05) is 19.9 Å². The van der Waals surface area contributed by atoms with Gasteiger partial charge in [-0.2, -0.15) is 0 Å². The van der Waals surface area contributed by atoms with Crippen LogP contribution in [0.4, 0.5) is 0 Å². The SMILES string of the molecule is Cc1cc(C(=O)NCc2ccc(CN3CCCCCC3)cc2)c(C)s1. The lowest BCUT2D eigenvalue weighted by atomic mass is 10.1. The molecule has 1 aliphatic heterocycles. The Morgan fingerprint density at radius 2 is 1.68 bits per heavy atom. The van der Waals surface area contributed by atoms with Crippen molar-refractivity contribution in [3.05, 3.63) is 56.8 Å². The van der Waals surface area contributed by atoms with Crippen LogP contribution in [0.15, 0.2) is 30.3 Å². The monoisotopic (exact) mass is 356 g/mol. The van der Waals surface area contributed by atoms with E-state index in [9.17, 15) is 4.79 Å². The van der Waals surface area contributed by atoms with E-state index in [1.165, 1.54) is 49.2 Å². The number of rotatable bonds is 5. The van der Waals surface area contributed by atoms with Crippen molar-refractivity contribution in [3.63, 3.8) is 0 Å². The van der Waals surface area contributed by atoms with Crippen LogP contribution in [0.3, 0.4) is 0 Å². The van der Waals surface area contributed by atoms with Crippen LogP contribution in [0.25, 0.3) is 0 Å². The summed E-state index contributed by atoms with van der Waals surface area (Å²) in [4.78, 5) is 17.1. The average Bonchev–Trinajstić information content (AvgIpc) is 2.79. The van der Waals surface area contributed by atoms with Crippen molar-refractivity contribution < 1.29 is 4.79 Å². The first kappa shape index (κ1) is 18.2. The lowest BCUT2D eigenvalue weighted by molar-refractivity contribution is 0.0951. The van der Waals surface area contributed by atoms with Gasteiger partial charge in [0.15, 0.2) is 0 Å². The van der Waals surface area contributed by atoms with Gasteiger partial charge in [-0.15, -0.1) is 11.3 Å². The van der Waals surface area contributed by atoms with Gasteiger partial charge in [0.2, 0.25) is 0 Å². The lowest BCUT2D eigenvalue weighted by Crippen LogP contribution is -2.24. The third kappa shape index (κ3) is 5.16. The quantitative estimate of drug-likeness (QED) is 0.844. The molecule has 4 heteroatoms. The summed E-state index contributed by atoms with van der Waals surface area (Å²) >= 11 is 1.67. The Morgan fingerprint density at radius 3 is 2.28 bits per heavy atom. The Kier molecular flexibility index (Phi) is 6.27. The molecule has 0 saturated carbocycles. The molecule has 2 aromatic rings. The molecule has 0 unspecified atom stereocenters. The van der Waals surface area contributed by atoms with Crippen LogP contribution < -0.4 is 5.32 Å². The molecule has 3 nitrogen and oxygen atoms in total. The summed E-state index contributed by atoms with van der Waals surface area (Å²) < 4.78 is 0. The minimum absolute atomic E-state index is 0.0236. The smallest absolute Gasteiger partial charge is 0.252 e. The number of carbonyl (C=O) groups is 1. The van der Waals surface area contributed by atoms with E-state index in [2.05, 4.69) is 34.5 Å². The molecule has 1 saturated heterocycles. The molecule has 1 N–H and O–H groups in total. The molecule has 1 aromatic carbocycles. The van der Waals surface area contributed by atoms with E-state index in [0.717, 1.165) is 22.5 Å². The summed E-state index contributed by atoms with van der Waals surface area (Å²) in [5.74, 6) is 0.0236. The highest BCUT2D eigenvalue weighted by atomic mass is 32.1. The maximum absolute atomic E-state index is 12.3. The Bertz CT molecular complexity index is 697. The standard InChI is InChI=1S/C21H28N2OS/c1-16-13-20(17(2)25-16)21(24)22-14-18-7-9-19(10-8-18)15-23-11-5-3-4-6-12-23/h7-10,13H,3-6,11-12,14-15H2,1-2H3,(H,22,24). The zero-order valence-electron chi connectivity index (χ0n) is 15.3. The Balaban J connectivity index is 1.52. The third-order valence-electron chi connectivity index (χ3n) is 4.87. The molecule has 0 spiro atoms. The highest BCUT2D eigenvalue weighted by Gasteiger charge is 2.12. The van der Waals surface area contributed by atoms with Crippen molar-refractivity contribution >= 4 is 17.2 Å². The Hall–Kier alpha value is -1.65.